The molecule has 0 bridgehead atoms. The molecular weight excluding hydrogens is 226 g/mol. The van der Waals surface area contributed by atoms with Crippen LogP contribution in [0.5, 0.6) is 5.75 Å². The van der Waals surface area contributed by atoms with Gasteiger partial charge in [0.05, 0.1) is 0 Å². The Hall–Kier alpha value is -1.32. The standard InChI is InChI=1S/C15H23NO2/c1-4-16(10-13(2)3)11-14(17)12-18-15-8-6-5-7-9-15/h5-9,14,17H,2,4,10-12H2,1,3H3/t14-/m0/s1. The molecular formula is C15H23NO2. The van der Waals surface area contributed by atoms with Crippen LogP contribution in [0, 0.1) is 0 Å². The maximum atomic E-state index is 9.93. The van der Waals surface area contributed by atoms with Gasteiger partial charge >= 0.3 is 0 Å². The maximum absolute atomic E-state index is 9.93. The highest BCUT2D eigenvalue weighted by Gasteiger charge is 2.11. The van der Waals surface area contributed by atoms with E-state index in [2.05, 4.69) is 18.4 Å². The first-order valence-corrected chi connectivity index (χ1v) is 6.34. The molecule has 0 amide bonds. The number of ether oxygens (including phenoxy) is 1. The van der Waals surface area contributed by atoms with Crippen molar-refractivity contribution in [3.63, 3.8) is 0 Å². The summed E-state index contributed by atoms with van der Waals surface area (Å²) in [5.74, 6) is 0.791. The van der Waals surface area contributed by atoms with Gasteiger partial charge in [-0.15, -0.1) is 0 Å². The quantitative estimate of drug-likeness (QED) is 0.718. The van der Waals surface area contributed by atoms with Gasteiger partial charge in [0, 0.05) is 13.1 Å². The predicted octanol–water partition coefficient (Wildman–Crippen LogP) is 2.32. The number of aliphatic hydroxyl groups excluding tert-OH is 1. The fourth-order valence-electron chi connectivity index (χ4n) is 1.75. The molecule has 100 valence electrons. The second kappa shape index (κ2) is 7.90. The van der Waals surface area contributed by atoms with E-state index < -0.39 is 6.10 Å². The number of hydrogen-bond donors (Lipinski definition) is 1. The van der Waals surface area contributed by atoms with Gasteiger partial charge in [-0.2, -0.15) is 0 Å². The van der Waals surface area contributed by atoms with Crippen LogP contribution < -0.4 is 4.74 Å². The molecule has 1 aromatic carbocycles. The predicted molar refractivity (Wildman–Crippen MR) is 74.9 cm³/mol. The molecule has 0 unspecified atom stereocenters. The third-order valence-electron chi connectivity index (χ3n) is 2.60. The highest BCUT2D eigenvalue weighted by molar-refractivity contribution is 5.20. The molecule has 18 heavy (non-hydrogen) atoms. The average molecular weight is 249 g/mol. The van der Waals surface area contributed by atoms with Crippen LogP contribution >= 0.6 is 0 Å². The Bertz CT molecular complexity index is 351. The molecule has 0 heterocycles. The van der Waals surface area contributed by atoms with Crippen molar-refractivity contribution in [1.29, 1.82) is 0 Å². The summed E-state index contributed by atoms with van der Waals surface area (Å²) in [6.45, 7) is 10.6. The van der Waals surface area contributed by atoms with Crippen LogP contribution in [0.15, 0.2) is 42.5 Å². The first kappa shape index (κ1) is 14.7. The van der Waals surface area contributed by atoms with Crippen LogP contribution in [0.1, 0.15) is 13.8 Å². The number of benzene rings is 1. The molecule has 0 spiro atoms. The fourth-order valence-corrected chi connectivity index (χ4v) is 1.75. The molecule has 0 aromatic heterocycles. The average Bonchev–Trinajstić information content (AvgIpc) is 2.36. The Morgan fingerprint density at radius 2 is 2.06 bits per heavy atom. The molecule has 1 rings (SSSR count). The lowest BCUT2D eigenvalue weighted by Crippen LogP contribution is -2.36. The van der Waals surface area contributed by atoms with E-state index in [1.807, 2.05) is 37.3 Å². The fraction of sp³-hybridized carbons (Fsp3) is 0.467. The van der Waals surface area contributed by atoms with Gasteiger partial charge in [-0.1, -0.05) is 37.3 Å². The number of rotatable bonds is 8. The summed E-state index contributed by atoms with van der Waals surface area (Å²) in [6.07, 6.45) is -0.482. The molecule has 1 aromatic rings. The number of hydrogen-bond acceptors (Lipinski definition) is 3. The summed E-state index contributed by atoms with van der Waals surface area (Å²) in [5.41, 5.74) is 1.10. The van der Waals surface area contributed by atoms with E-state index in [0.717, 1.165) is 24.4 Å². The van der Waals surface area contributed by atoms with Gasteiger partial charge < -0.3 is 9.84 Å². The Labute approximate surface area is 110 Å². The highest BCUT2D eigenvalue weighted by atomic mass is 16.5. The van der Waals surface area contributed by atoms with Crippen molar-refractivity contribution in [2.45, 2.75) is 20.0 Å². The van der Waals surface area contributed by atoms with E-state index >= 15 is 0 Å². The van der Waals surface area contributed by atoms with Gasteiger partial charge in [-0.05, 0) is 25.6 Å². The first-order valence-electron chi connectivity index (χ1n) is 6.34. The van der Waals surface area contributed by atoms with Gasteiger partial charge in [0.1, 0.15) is 18.5 Å². The highest BCUT2D eigenvalue weighted by Crippen LogP contribution is 2.09. The number of aliphatic hydroxyl groups is 1. The van der Waals surface area contributed by atoms with E-state index in [0.29, 0.717) is 13.2 Å². The smallest absolute Gasteiger partial charge is 0.119 e. The van der Waals surface area contributed by atoms with Crippen LogP contribution in [0.3, 0.4) is 0 Å². The van der Waals surface area contributed by atoms with E-state index in [-0.39, 0.29) is 0 Å². The SMILES string of the molecule is C=C(C)CN(CC)C[C@H](O)COc1ccccc1. The monoisotopic (exact) mass is 249 g/mol. The molecule has 0 fully saturated rings. The molecule has 1 N–H and O–H groups in total. The minimum atomic E-state index is -0.482. The van der Waals surface area contributed by atoms with Crippen molar-refractivity contribution < 1.29 is 9.84 Å². The van der Waals surface area contributed by atoms with Crippen molar-refractivity contribution in [2.75, 3.05) is 26.2 Å². The van der Waals surface area contributed by atoms with Crippen molar-refractivity contribution in [1.82, 2.24) is 4.90 Å². The number of likely N-dealkylation sites (N-methyl/N-ethyl adjacent to an activating group) is 1. The van der Waals surface area contributed by atoms with Crippen LogP contribution in [-0.4, -0.2) is 42.4 Å². The molecule has 0 saturated heterocycles. The van der Waals surface area contributed by atoms with Crippen molar-refractivity contribution >= 4 is 0 Å². The lowest BCUT2D eigenvalue weighted by Gasteiger charge is -2.23. The van der Waals surface area contributed by atoms with E-state index in [1.54, 1.807) is 0 Å². The molecule has 0 aliphatic carbocycles. The van der Waals surface area contributed by atoms with Crippen LogP contribution in [0.25, 0.3) is 0 Å². The summed E-state index contributed by atoms with van der Waals surface area (Å²) >= 11 is 0. The topological polar surface area (TPSA) is 32.7 Å². The summed E-state index contributed by atoms with van der Waals surface area (Å²) in [7, 11) is 0. The number of nitrogens with zero attached hydrogens (tertiary/aromatic N) is 1. The lowest BCUT2D eigenvalue weighted by molar-refractivity contribution is 0.0728. The van der Waals surface area contributed by atoms with Gasteiger partial charge in [-0.25, -0.2) is 0 Å². The van der Waals surface area contributed by atoms with E-state index in [9.17, 15) is 5.11 Å². The zero-order valence-corrected chi connectivity index (χ0v) is 11.3. The minimum Gasteiger partial charge on any atom is -0.491 e. The molecule has 1 atom stereocenters. The normalized spacial score (nSPS) is 12.4. The molecule has 0 aliphatic heterocycles. The Morgan fingerprint density at radius 3 is 2.61 bits per heavy atom. The van der Waals surface area contributed by atoms with Gasteiger partial charge in [0.2, 0.25) is 0 Å². The van der Waals surface area contributed by atoms with Crippen LogP contribution in [0.2, 0.25) is 0 Å². The van der Waals surface area contributed by atoms with Crippen molar-refractivity contribution in [3.8, 4) is 5.75 Å². The van der Waals surface area contributed by atoms with Crippen molar-refractivity contribution in [3.05, 3.63) is 42.5 Å². The Balaban J connectivity index is 2.32. The van der Waals surface area contributed by atoms with Gasteiger partial charge in [0.15, 0.2) is 0 Å². The molecule has 3 nitrogen and oxygen atoms in total. The molecule has 0 aliphatic rings. The second-order valence-corrected chi connectivity index (χ2v) is 4.56. The first-order chi connectivity index (χ1) is 8.61. The summed E-state index contributed by atoms with van der Waals surface area (Å²) < 4.78 is 5.52. The zero-order valence-electron chi connectivity index (χ0n) is 11.3. The number of para-hydroxylation sites is 1. The largest absolute Gasteiger partial charge is 0.491 e. The van der Waals surface area contributed by atoms with E-state index in [1.165, 1.54) is 0 Å². The van der Waals surface area contributed by atoms with Gasteiger partial charge in [0.25, 0.3) is 0 Å². The lowest BCUT2D eigenvalue weighted by atomic mass is 10.2. The molecule has 0 radical (unpaired) electrons. The summed E-state index contributed by atoms with van der Waals surface area (Å²) in [5, 5.41) is 9.93. The van der Waals surface area contributed by atoms with Crippen molar-refractivity contribution in [2.24, 2.45) is 0 Å². The summed E-state index contributed by atoms with van der Waals surface area (Å²) in [6, 6.07) is 9.55. The van der Waals surface area contributed by atoms with Gasteiger partial charge in [-0.3, -0.25) is 4.90 Å². The third-order valence-corrected chi connectivity index (χ3v) is 2.60. The second-order valence-electron chi connectivity index (χ2n) is 4.56. The van der Waals surface area contributed by atoms with E-state index in [4.69, 9.17) is 4.74 Å². The summed E-state index contributed by atoms with van der Waals surface area (Å²) in [4.78, 5) is 2.15. The van der Waals surface area contributed by atoms with Crippen LogP contribution in [0.4, 0.5) is 0 Å². The molecule has 3 heteroatoms. The third kappa shape index (κ3) is 5.84. The minimum absolute atomic E-state index is 0.316. The Morgan fingerprint density at radius 1 is 1.39 bits per heavy atom. The Kier molecular flexibility index (Phi) is 6.47. The van der Waals surface area contributed by atoms with Crippen LogP contribution in [-0.2, 0) is 0 Å². The molecule has 0 saturated carbocycles. The zero-order chi connectivity index (χ0) is 13.4. The maximum Gasteiger partial charge on any atom is 0.119 e.